The van der Waals surface area contributed by atoms with Crippen molar-refractivity contribution < 1.29 is 9.90 Å². The maximum absolute atomic E-state index is 13.8. The van der Waals surface area contributed by atoms with Crippen molar-refractivity contribution in [2.24, 2.45) is 11.8 Å². The third-order valence-corrected chi connectivity index (χ3v) is 8.22. The predicted molar refractivity (Wildman–Crippen MR) is 165 cm³/mol. The fourth-order valence-electron chi connectivity index (χ4n) is 5.64. The Morgan fingerprint density at radius 2 is 1.68 bits per heavy atom. The van der Waals surface area contributed by atoms with Crippen molar-refractivity contribution in [2.45, 2.75) is 85.7 Å². The van der Waals surface area contributed by atoms with E-state index in [0.29, 0.717) is 11.8 Å². The molecule has 1 aromatic carbocycles. The standard InChI is InChI=1S/C34H50N4O2/c1-25(2)14-20-37(21-15-26(3)4)34(40)30-16-22-38-32(24-30)31(13-10-19-36-17-7-6-8-18-36)33(35-38)29-12-9-11-28(23-29)27(5)39/h9,11-12,16,22-27,39H,6-8,10,13-15,17-21H2,1-5H3. The summed E-state index contributed by atoms with van der Waals surface area (Å²) in [7, 11) is 0. The van der Waals surface area contributed by atoms with Gasteiger partial charge in [0.25, 0.3) is 5.91 Å². The second-order valence-electron chi connectivity index (χ2n) is 12.5. The van der Waals surface area contributed by atoms with E-state index in [1.165, 1.54) is 37.9 Å². The molecule has 6 nitrogen and oxygen atoms in total. The fraction of sp³-hybridized carbons (Fsp3) is 0.588. The van der Waals surface area contributed by atoms with Crippen LogP contribution in [0.3, 0.4) is 0 Å². The number of nitrogens with zero attached hydrogens (tertiary/aromatic N) is 4. The van der Waals surface area contributed by atoms with E-state index >= 15 is 0 Å². The molecule has 1 N–H and O–H groups in total. The smallest absolute Gasteiger partial charge is 0.253 e. The highest BCUT2D eigenvalue weighted by Gasteiger charge is 2.21. The van der Waals surface area contributed by atoms with Crippen LogP contribution in [-0.4, -0.2) is 63.2 Å². The van der Waals surface area contributed by atoms with Crippen LogP contribution in [-0.2, 0) is 6.42 Å². The van der Waals surface area contributed by atoms with Crippen LogP contribution >= 0.6 is 0 Å². The lowest BCUT2D eigenvalue weighted by molar-refractivity contribution is 0.0741. The second kappa shape index (κ2) is 14.3. The number of hydrogen-bond donors (Lipinski definition) is 1. The van der Waals surface area contributed by atoms with E-state index in [1.54, 1.807) is 6.92 Å². The molecule has 6 heteroatoms. The molecule has 1 amide bonds. The van der Waals surface area contributed by atoms with Crippen LogP contribution in [0.5, 0.6) is 0 Å². The van der Waals surface area contributed by atoms with E-state index < -0.39 is 6.10 Å². The molecule has 1 saturated heterocycles. The van der Waals surface area contributed by atoms with Crippen molar-refractivity contribution in [1.29, 1.82) is 0 Å². The molecule has 0 bridgehead atoms. The summed E-state index contributed by atoms with van der Waals surface area (Å²) in [6, 6.07) is 12.1. The van der Waals surface area contributed by atoms with Crippen LogP contribution < -0.4 is 0 Å². The Morgan fingerprint density at radius 3 is 2.33 bits per heavy atom. The van der Waals surface area contributed by atoms with Gasteiger partial charge < -0.3 is 14.9 Å². The van der Waals surface area contributed by atoms with Crippen LogP contribution in [0, 0.1) is 11.8 Å². The lowest BCUT2D eigenvalue weighted by atomic mass is 9.99. The zero-order chi connectivity index (χ0) is 28.6. The molecule has 40 heavy (non-hydrogen) atoms. The van der Waals surface area contributed by atoms with Crippen LogP contribution in [0.4, 0.5) is 0 Å². The Kier molecular flexibility index (Phi) is 10.8. The zero-order valence-corrected chi connectivity index (χ0v) is 25.4. The number of aryl methyl sites for hydroxylation is 1. The van der Waals surface area contributed by atoms with Crippen molar-refractivity contribution in [3.8, 4) is 11.3 Å². The van der Waals surface area contributed by atoms with Gasteiger partial charge in [-0.25, -0.2) is 4.52 Å². The van der Waals surface area contributed by atoms with Crippen LogP contribution in [0.2, 0.25) is 0 Å². The Hall–Kier alpha value is -2.70. The first-order valence-electron chi connectivity index (χ1n) is 15.5. The molecular formula is C34H50N4O2. The predicted octanol–water partition coefficient (Wildman–Crippen LogP) is 7.01. The van der Waals surface area contributed by atoms with Gasteiger partial charge in [-0.3, -0.25) is 4.79 Å². The minimum atomic E-state index is -0.536. The quantitative estimate of drug-likeness (QED) is 0.251. The average molecular weight is 547 g/mol. The fourth-order valence-corrected chi connectivity index (χ4v) is 5.64. The highest BCUT2D eigenvalue weighted by molar-refractivity contribution is 5.95. The van der Waals surface area contributed by atoms with Gasteiger partial charge >= 0.3 is 0 Å². The first-order valence-corrected chi connectivity index (χ1v) is 15.5. The van der Waals surface area contributed by atoms with Crippen molar-refractivity contribution in [3.05, 3.63) is 59.3 Å². The van der Waals surface area contributed by atoms with Gasteiger partial charge in [0.1, 0.15) is 0 Å². The van der Waals surface area contributed by atoms with Crippen LogP contribution in [0.15, 0.2) is 42.6 Å². The average Bonchev–Trinajstić information content (AvgIpc) is 3.31. The number of aromatic nitrogens is 2. The molecule has 3 heterocycles. The van der Waals surface area contributed by atoms with Crippen LogP contribution in [0.25, 0.3) is 16.8 Å². The third-order valence-electron chi connectivity index (χ3n) is 8.22. The zero-order valence-electron chi connectivity index (χ0n) is 25.4. The summed E-state index contributed by atoms with van der Waals surface area (Å²) in [4.78, 5) is 18.4. The van der Waals surface area contributed by atoms with Gasteiger partial charge in [-0.05, 0) is 101 Å². The van der Waals surface area contributed by atoms with E-state index in [-0.39, 0.29) is 5.91 Å². The number of carbonyl (C=O) groups is 1. The first-order chi connectivity index (χ1) is 19.2. The molecule has 0 saturated carbocycles. The summed E-state index contributed by atoms with van der Waals surface area (Å²) in [5, 5.41) is 15.2. The number of pyridine rings is 1. The maximum Gasteiger partial charge on any atom is 0.253 e. The van der Waals surface area contributed by atoms with Crippen molar-refractivity contribution in [1.82, 2.24) is 19.4 Å². The van der Waals surface area contributed by atoms with Gasteiger partial charge in [0, 0.05) is 36.0 Å². The van der Waals surface area contributed by atoms with Crippen molar-refractivity contribution in [2.75, 3.05) is 32.7 Å². The summed E-state index contributed by atoms with van der Waals surface area (Å²) in [6.45, 7) is 15.7. The number of carbonyl (C=O) groups excluding carboxylic acids is 1. The number of hydrogen-bond acceptors (Lipinski definition) is 4. The molecular weight excluding hydrogens is 496 g/mol. The summed E-state index contributed by atoms with van der Waals surface area (Å²) in [5.74, 6) is 1.22. The Labute approximate surface area is 241 Å². The number of aliphatic hydroxyl groups is 1. The molecule has 3 aromatic rings. The van der Waals surface area contributed by atoms with Crippen LogP contribution in [0.1, 0.15) is 101 Å². The molecule has 1 atom stereocenters. The molecule has 1 aliphatic heterocycles. The molecule has 218 valence electrons. The van der Waals surface area contributed by atoms with E-state index in [0.717, 1.165) is 73.2 Å². The first kappa shape index (κ1) is 30.3. The normalized spacial score (nSPS) is 15.3. The summed E-state index contributed by atoms with van der Waals surface area (Å²) >= 11 is 0. The van der Waals surface area contributed by atoms with E-state index in [4.69, 9.17) is 5.10 Å². The minimum Gasteiger partial charge on any atom is -0.389 e. The number of rotatable bonds is 13. The Morgan fingerprint density at radius 1 is 0.975 bits per heavy atom. The molecule has 0 aliphatic carbocycles. The maximum atomic E-state index is 13.8. The SMILES string of the molecule is CC(C)CCN(CCC(C)C)C(=O)c1ccn2nc(-c3cccc(C(C)O)c3)c(CCCN3CCCCC3)c2c1. The van der Waals surface area contributed by atoms with Gasteiger partial charge in [-0.15, -0.1) is 0 Å². The minimum absolute atomic E-state index is 0.113. The molecule has 0 spiro atoms. The number of benzene rings is 1. The number of fused-ring (bicyclic) bond motifs is 1. The number of amides is 1. The van der Waals surface area contributed by atoms with Crippen molar-refractivity contribution in [3.63, 3.8) is 0 Å². The van der Waals surface area contributed by atoms with Gasteiger partial charge in [-0.1, -0.05) is 52.3 Å². The van der Waals surface area contributed by atoms with Crippen molar-refractivity contribution >= 4 is 11.4 Å². The Bertz CT molecular complexity index is 1230. The van der Waals surface area contributed by atoms with E-state index in [1.807, 2.05) is 39.9 Å². The molecule has 1 unspecified atom stereocenters. The van der Waals surface area contributed by atoms with Gasteiger partial charge in [-0.2, -0.15) is 5.10 Å². The molecule has 1 aliphatic rings. The molecule has 0 radical (unpaired) electrons. The second-order valence-corrected chi connectivity index (χ2v) is 12.5. The summed E-state index contributed by atoms with van der Waals surface area (Å²) in [5.41, 5.74) is 5.78. The number of aliphatic hydroxyl groups excluding tert-OH is 1. The Balaban J connectivity index is 1.67. The highest BCUT2D eigenvalue weighted by atomic mass is 16.3. The van der Waals surface area contributed by atoms with E-state index in [2.05, 4.69) is 44.7 Å². The summed E-state index contributed by atoms with van der Waals surface area (Å²) < 4.78 is 1.93. The molecule has 4 rings (SSSR count). The van der Waals surface area contributed by atoms with E-state index in [9.17, 15) is 9.90 Å². The lowest BCUT2D eigenvalue weighted by Gasteiger charge is -2.26. The van der Waals surface area contributed by atoms with Gasteiger partial charge in [0.05, 0.1) is 17.3 Å². The van der Waals surface area contributed by atoms with Gasteiger partial charge in [0.15, 0.2) is 0 Å². The third kappa shape index (κ3) is 7.94. The molecule has 2 aromatic heterocycles. The highest BCUT2D eigenvalue weighted by Crippen LogP contribution is 2.30. The molecule has 1 fully saturated rings. The topological polar surface area (TPSA) is 61.1 Å². The van der Waals surface area contributed by atoms with Gasteiger partial charge in [0.2, 0.25) is 0 Å². The largest absolute Gasteiger partial charge is 0.389 e. The lowest BCUT2D eigenvalue weighted by Crippen LogP contribution is -2.34. The number of likely N-dealkylation sites (tertiary alicyclic amines) is 1. The summed E-state index contributed by atoms with van der Waals surface area (Å²) in [6.07, 6.45) is 9.31. The monoisotopic (exact) mass is 546 g/mol. The number of piperidine rings is 1.